The maximum Gasteiger partial charge on any atom is 0.183 e. The number of H-pyrrole nitrogens is 1. The molecule has 7 heteroatoms. The van der Waals surface area contributed by atoms with Gasteiger partial charge in [-0.2, -0.15) is 5.10 Å². The number of rotatable bonds is 5. The van der Waals surface area contributed by atoms with Gasteiger partial charge in [-0.3, -0.25) is 9.89 Å². The number of Topliss-reactive ketones (excluding diaryl/α,β-unsaturated/α-hetero) is 1. The van der Waals surface area contributed by atoms with Crippen LogP contribution in [0.3, 0.4) is 0 Å². The minimum atomic E-state index is -0.895. The molecule has 0 amide bonds. The molecule has 206 valence electrons. The second-order valence-electron chi connectivity index (χ2n) is 12.2. The van der Waals surface area contributed by atoms with E-state index >= 15 is 0 Å². The normalized spacial score (nSPS) is 31.0. The summed E-state index contributed by atoms with van der Waals surface area (Å²) in [6.45, 7) is 4.39. The number of nitrogens with one attached hydrogen (secondary N) is 1. The Morgan fingerprint density at radius 1 is 1.16 bits per heavy atom. The van der Waals surface area contributed by atoms with Crippen molar-refractivity contribution in [3.63, 3.8) is 0 Å². The minimum Gasteiger partial charge on any atom is -0.393 e. The van der Waals surface area contributed by atoms with Crippen LogP contribution >= 0.6 is 11.8 Å². The zero-order valence-electron chi connectivity index (χ0n) is 22.9. The van der Waals surface area contributed by atoms with Gasteiger partial charge in [0, 0.05) is 22.6 Å². The summed E-state index contributed by atoms with van der Waals surface area (Å²) in [6.07, 6.45) is 14.2. The summed E-state index contributed by atoms with van der Waals surface area (Å²) in [7, 11) is 0. The average molecular weight is 538 g/mol. The van der Waals surface area contributed by atoms with Gasteiger partial charge in [-0.05, 0) is 87.8 Å². The van der Waals surface area contributed by atoms with Crippen molar-refractivity contribution in [2.45, 2.75) is 114 Å². The van der Waals surface area contributed by atoms with Gasteiger partial charge in [0.2, 0.25) is 0 Å². The van der Waals surface area contributed by atoms with E-state index in [4.69, 9.17) is 0 Å². The van der Waals surface area contributed by atoms with E-state index in [1.54, 1.807) is 0 Å². The molecule has 0 aliphatic heterocycles. The molecule has 3 N–H and O–H groups in total. The molecule has 6 rings (SSSR count). The first-order valence-corrected chi connectivity index (χ1v) is 15.5. The number of benzene rings is 1. The van der Waals surface area contributed by atoms with Gasteiger partial charge in [-0.25, -0.2) is 4.98 Å². The number of aromatic nitrogens is 3. The van der Waals surface area contributed by atoms with Crippen molar-refractivity contribution in [3.05, 3.63) is 52.9 Å². The van der Waals surface area contributed by atoms with Crippen molar-refractivity contribution in [1.29, 1.82) is 0 Å². The molecule has 4 atom stereocenters. The fourth-order valence-corrected chi connectivity index (χ4v) is 8.32. The molecule has 4 aliphatic carbocycles. The SMILES string of the molecule is CC1=CCC[C@@]2(C)[C@@H](CC[C@@]2(O)CSc2ncn[nH]2)c2ccc(cc2C(=O)C2CCCCC2)C[C@@H](O)CC1. The third-order valence-electron chi connectivity index (χ3n) is 9.75. The van der Waals surface area contributed by atoms with Crippen LogP contribution in [0.15, 0.2) is 41.3 Å². The van der Waals surface area contributed by atoms with Crippen LogP contribution in [0.4, 0.5) is 0 Å². The van der Waals surface area contributed by atoms with Gasteiger partial charge in [0.05, 0.1) is 11.7 Å². The highest BCUT2D eigenvalue weighted by atomic mass is 32.2. The van der Waals surface area contributed by atoms with Gasteiger partial charge in [0.15, 0.2) is 10.9 Å². The number of nitrogens with zero attached hydrogens (tertiary/aromatic N) is 2. The van der Waals surface area contributed by atoms with Crippen molar-refractivity contribution >= 4 is 17.5 Å². The van der Waals surface area contributed by atoms with E-state index in [0.29, 0.717) is 25.0 Å². The summed E-state index contributed by atoms with van der Waals surface area (Å²) >= 11 is 1.53. The van der Waals surface area contributed by atoms with Crippen LogP contribution in [0, 0.1) is 11.3 Å². The van der Waals surface area contributed by atoms with Gasteiger partial charge in [0.25, 0.3) is 0 Å². The molecule has 2 fully saturated rings. The average Bonchev–Trinajstić information content (AvgIpc) is 3.53. The quantitative estimate of drug-likeness (QED) is 0.232. The molecule has 2 bridgehead atoms. The summed E-state index contributed by atoms with van der Waals surface area (Å²) in [6, 6.07) is 6.36. The van der Waals surface area contributed by atoms with E-state index in [1.165, 1.54) is 30.1 Å². The van der Waals surface area contributed by atoms with E-state index in [9.17, 15) is 15.0 Å². The second kappa shape index (κ2) is 11.6. The number of thioether (sulfide) groups is 1. The van der Waals surface area contributed by atoms with E-state index < -0.39 is 17.1 Å². The Morgan fingerprint density at radius 3 is 2.74 bits per heavy atom. The van der Waals surface area contributed by atoms with Crippen molar-refractivity contribution < 1.29 is 15.0 Å². The van der Waals surface area contributed by atoms with Crippen LogP contribution in [0.5, 0.6) is 0 Å². The van der Waals surface area contributed by atoms with E-state index in [2.05, 4.69) is 53.3 Å². The van der Waals surface area contributed by atoms with E-state index in [1.807, 2.05) is 0 Å². The zero-order chi connectivity index (χ0) is 26.8. The van der Waals surface area contributed by atoms with Gasteiger partial charge in [0.1, 0.15) is 6.33 Å². The molecule has 0 radical (unpaired) electrons. The molecule has 2 saturated carbocycles. The number of aliphatic hydroxyl groups is 2. The molecular weight excluding hydrogens is 494 g/mol. The lowest BCUT2D eigenvalue weighted by molar-refractivity contribution is -0.0422. The number of aliphatic hydroxyl groups excluding tert-OH is 1. The Labute approximate surface area is 231 Å². The summed E-state index contributed by atoms with van der Waals surface area (Å²) in [5.74, 6) is 0.975. The molecule has 38 heavy (non-hydrogen) atoms. The first kappa shape index (κ1) is 27.6. The summed E-state index contributed by atoms with van der Waals surface area (Å²) < 4.78 is 0. The number of aromatic amines is 1. The molecule has 0 spiro atoms. The van der Waals surface area contributed by atoms with Gasteiger partial charge in [-0.15, -0.1) is 0 Å². The Balaban J connectivity index is 1.55. The highest BCUT2D eigenvalue weighted by Gasteiger charge is 2.56. The largest absolute Gasteiger partial charge is 0.393 e. The fourth-order valence-electron chi connectivity index (χ4n) is 7.23. The maximum atomic E-state index is 14.0. The lowest BCUT2D eigenvalue weighted by Crippen LogP contribution is -2.46. The van der Waals surface area contributed by atoms with E-state index in [0.717, 1.165) is 73.2 Å². The molecule has 0 unspecified atom stereocenters. The summed E-state index contributed by atoms with van der Waals surface area (Å²) in [5.41, 5.74) is 2.97. The van der Waals surface area contributed by atoms with Crippen LogP contribution in [0.25, 0.3) is 0 Å². The van der Waals surface area contributed by atoms with Crippen molar-refractivity contribution in [3.8, 4) is 0 Å². The third kappa shape index (κ3) is 5.66. The fraction of sp³-hybridized carbons (Fsp3) is 0.645. The second-order valence-corrected chi connectivity index (χ2v) is 13.2. The molecule has 2 aromatic rings. The Bertz CT molecular complexity index is 1140. The number of hydrogen-bond acceptors (Lipinski definition) is 6. The number of carbonyl (C=O) groups is 1. The molecular formula is C31H43N3O3S. The number of hydrogen-bond donors (Lipinski definition) is 3. The first-order valence-electron chi connectivity index (χ1n) is 14.5. The molecule has 1 aromatic carbocycles. The Morgan fingerprint density at radius 2 is 1.97 bits per heavy atom. The smallest absolute Gasteiger partial charge is 0.183 e. The predicted octanol–water partition coefficient (Wildman–Crippen LogP) is 6.40. The molecule has 1 heterocycles. The van der Waals surface area contributed by atoms with Crippen molar-refractivity contribution in [2.24, 2.45) is 11.3 Å². The van der Waals surface area contributed by atoms with Crippen LogP contribution in [-0.4, -0.2) is 48.6 Å². The maximum absolute atomic E-state index is 14.0. The number of carbonyl (C=O) groups excluding carboxylic acids is 1. The van der Waals surface area contributed by atoms with Crippen LogP contribution in [0.2, 0.25) is 0 Å². The minimum absolute atomic E-state index is 0.0840. The van der Waals surface area contributed by atoms with Crippen molar-refractivity contribution in [2.75, 3.05) is 5.75 Å². The number of ketones is 1. The Kier molecular flexibility index (Phi) is 8.46. The molecule has 0 saturated heterocycles. The molecule has 1 aromatic heterocycles. The van der Waals surface area contributed by atoms with Gasteiger partial charge >= 0.3 is 0 Å². The standard InChI is InChI=1S/C31H43N3O3S/c1-21-7-6-15-30(2)27(14-16-31(30,37)19-38-29-32-20-33-34-29)25-13-11-22(17-24(35)12-10-21)18-26(25)28(36)23-8-4-3-5-9-23/h7,11,13,18,20,23-24,27,35,37H,3-6,8-10,12,14-17,19H2,1-2H3,(H,32,33,34)/t24-,27-,30-,31+/m0/s1. The number of allylic oxidation sites excluding steroid dienone is 2. The third-order valence-corrected chi connectivity index (χ3v) is 10.8. The topological polar surface area (TPSA) is 99.1 Å². The molecule has 6 nitrogen and oxygen atoms in total. The summed E-state index contributed by atoms with van der Waals surface area (Å²) in [5, 5.41) is 30.6. The van der Waals surface area contributed by atoms with E-state index in [-0.39, 0.29) is 17.6 Å². The molecule has 4 aliphatic rings. The monoisotopic (exact) mass is 537 g/mol. The highest BCUT2D eigenvalue weighted by Crippen LogP contribution is 2.59. The highest BCUT2D eigenvalue weighted by molar-refractivity contribution is 7.99. The lowest BCUT2D eigenvalue weighted by Gasteiger charge is -2.44. The van der Waals surface area contributed by atoms with Crippen molar-refractivity contribution in [1.82, 2.24) is 15.2 Å². The van der Waals surface area contributed by atoms with Crippen LogP contribution < -0.4 is 0 Å². The first-order chi connectivity index (χ1) is 18.3. The van der Waals surface area contributed by atoms with Crippen LogP contribution in [0.1, 0.15) is 112 Å². The lowest BCUT2D eigenvalue weighted by atomic mass is 9.65. The van der Waals surface area contributed by atoms with Gasteiger partial charge in [-0.1, -0.05) is 61.7 Å². The van der Waals surface area contributed by atoms with Crippen LogP contribution in [-0.2, 0) is 6.42 Å². The Hall–Kier alpha value is -1.96. The summed E-state index contributed by atoms with van der Waals surface area (Å²) in [4.78, 5) is 18.3. The predicted molar refractivity (Wildman–Crippen MR) is 151 cm³/mol. The number of fused-ring (bicyclic) bond motifs is 8. The van der Waals surface area contributed by atoms with Gasteiger partial charge < -0.3 is 10.2 Å². The zero-order valence-corrected chi connectivity index (χ0v) is 23.7.